The Labute approximate surface area is 159 Å². The first-order valence-electron chi connectivity index (χ1n) is 9.52. The zero-order valence-electron chi connectivity index (χ0n) is 15.9. The molecule has 0 bridgehead atoms. The van der Waals surface area contributed by atoms with E-state index in [0.717, 1.165) is 55.0 Å². The minimum Gasteiger partial charge on any atom is -0.494 e. The molecule has 3 heterocycles. The summed E-state index contributed by atoms with van der Waals surface area (Å²) in [5, 5.41) is 7.48. The Morgan fingerprint density at radius 1 is 1.37 bits per heavy atom. The molecule has 2 aromatic rings. The molecule has 1 fully saturated rings. The first-order valence-corrected chi connectivity index (χ1v) is 9.52. The predicted molar refractivity (Wildman–Crippen MR) is 105 cm³/mol. The molecule has 0 spiro atoms. The summed E-state index contributed by atoms with van der Waals surface area (Å²) in [5.74, 6) is 2.08. The van der Waals surface area contributed by atoms with E-state index in [2.05, 4.69) is 30.5 Å². The van der Waals surface area contributed by atoms with Crippen LogP contribution in [0.1, 0.15) is 25.5 Å². The molecule has 4 rings (SSSR count). The summed E-state index contributed by atoms with van der Waals surface area (Å²) >= 11 is 0. The number of aliphatic imine (C=N–C) groups is 1. The number of hydrogen-bond acceptors (Lipinski definition) is 8. The van der Waals surface area contributed by atoms with Gasteiger partial charge in [0.25, 0.3) is 0 Å². The molecule has 0 aliphatic carbocycles. The molecule has 1 aromatic carbocycles. The SMILES string of the molecule is CCOc1ccc2nc(NC3=NCN(C[C@H]4CCCO4)CN3)nc(C)c2c1. The first-order chi connectivity index (χ1) is 13.2. The lowest BCUT2D eigenvalue weighted by molar-refractivity contribution is 0.0715. The van der Waals surface area contributed by atoms with Crippen LogP contribution in [-0.4, -0.2) is 60.0 Å². The molecule has 2 aliphatic heterocycles. The van der Waals surface area contributed by atoms with E-state index in [-0.39, 0.29) is 0 Å². The van der Waals surface area contributed by atoms with Crippen molar-refractivity contribution in [2.45, 2.75) is 32.8 Å². The molecule has 1 atom stereocenters. The molecule has 8 nitrogen and oxygen atoms in total. The molecule has 8 heteroatoms. The number of benzene rings is 1. The lowest BCUT2D eigenvalue weighted by Crippen LogP contribution is -2.48. The van der Waals surface area contributed by atoms with Gasteiger partial charge in [0.1, 0.15) is 5.75 Å². The Morgan fingerprint density at radius 3 is 3.04 bits per heavy atom. The molecule has 0 unspecified atom stereocenters. The van der Waals surface area contributed by atoms with E-state index < -0.39 is 0 Å². The highest BCUT2D eigenvalue weighted by Gasteiger charge is 2.21. The van der Waals surface area contributed by atoms with Crippen molar-refractivity contribution in [3.05, 3.63) is 23.9 Å². The third-order valence-electron chi connectivity index (χ3n) is 4.78. The lowest BCUT2D eigenvalue weighted by atomic mass is 10.2. The van der Waals surface area contributed by atoms with Crippen LogP contribution in [0.2, 0.25) is 0 Å². The smallest absolute Gasteiger partial charge is 0.230 e. The van der Waals surface area contributed by atoms with Gasteiger partial charge in [0, 0.05) is 18.5 Å². The summed E-state index contributed by atoms with van der Waals surface area (Å²) in [4.78, 5) is 16.0. The molecule has 1 aromatic heterocycles. The van der Waals surface area contributed by atoms with Gasteiger partial charge >= 0.3 is 0 Å². The number of rotatable bonds is 5. The molecule has 144 valence electrons. The second-order valence-corrected chi connectivity index (χ2v) is 6.84. The molecule has 0 radical (unpaired) electrons. The maximum absolute atomic E-state index is 5.69. The Hall–Kier alpha value is -2.45. The van der Waals surface area contributed by atoms with E-state index in [0.29, 0.717) is 31.3 Å². The fourth-order valence-electron chi connectivity index (χ4n) is 3.42. The third-order valence-corrected chi connectivity index (χ3v) is 4.78. The number of guanidine groups is 1. The average Bonchev–Trinajstić information content (AvgIpc) is 3.17. The Kier molecular flexibility index (Phi) is 5.35. The van der Waals surface area contributed by atoms with E-state index >= 15 is 0 Å². The zero-order valence-corrected chi connectivity index (χ0v) is 15.9. The summed E-state index contributed by atoms with van der Waals surface area (Å²) in [7, 11) is 0. The topological polar surface area (TPSA) is 83.9 Å². The molecule has 27 heavy (non-hydrogen) atoms. The van der Waals surface area contributed by atoms with Gasteiger partial charge in [0.15, 0.2) is 0 Å². The number of anilines is 1. The number of ether oxygens (including phenoxy) is 2. The van der Waals surface area contributed by atoms with Gasteiger partial charge < -0.3 is 14.8 Å². The van der Waals surface area contributed by atoms with Gasteiger partial charge in [-0.05, 0) is 44.9 Å². The summed E-state index contributed by atoms with van der Waals surface area (Å²) in [6, 6.07) is 5.87. The Morgan fingerprint density at radius 2 is 2.30 bits per heavy atom. The van der Waals surface area contributed by atoms with E-state index in [1.807, 2.05) is 32.0 Å². The van der Waals surface area contributed by atoms with Crippen molar-refractivity contribution in [3.63, 3.8) is 0 Å². The van der Waals surface area contributed by atoms with Crippen molar-refractivity contribution < 1.29 is 9.47 Å². The summed E-state index contributed by atoms with van der Waals surface area (Å²) in [6.07, 6.45) is 2.64. The summed E-state index contributed by atoms with van der Waals surface area (Å²) in [5.41, 5.74) is 1.78. The van der Waals surface area contributed by atoms with Gasteiger partial charge in [-0.25, -0.2) is 15.0 Å². The fraction of sp³-hybridized carbons (Fsp3) is 0.526. The second kappa shape index (κ2) is 8.06. The van der Waals surface area contributed by atoms with Crippen LogP contribution in [0, 0.1) is 6.92 Å². The Balaban J connectivity index is 1.42. The highest BCUT2D eigenvalue weighted by Crippen LogP contribution is 2.23. The Bertz CT molecular complexity index is 834. The predicted octanol–water partition coefficient (Wildman–Crippen LogP) is 2.10. The van der Waals surface area contributed by atoms with Crippen LogP contribution in [0.5, 0.6) is 5.75 Å². The maximum Gasteiger partial charge on any atom is 0.230 e. The molecule has 0 saturated carbocycles. The van der Waals surface area contributed by atoms with Crippen molar-refractivity contribution in [2.24, 2.45) is 4.99 Å². The van der Waals surface area contributed by atoms with Crippen molar-refractivity contribution in [3.8, 4) is 5.75 Å². The van der Waals surface area contributed by atoms with Gasteiger partial charge in [0.05, 0.1) is 37.3 Å². The van der Waals surface area contributed by atoms with Crippen molar-refractivity contribution >= 4 is 22.8 Å². The minimum absolute atomic E-state index is 0.338. The third kappa shape index (κ3) is 4.28. The number of aryl methyl sites for hydroxylation is 1. The van der Waals surface area contributed by atoms with E-state index in [1.54, 1.807) is 0 Å². The summed E-state index contributed by atoms with van der Waals surface area (Å²) < 4.78 is 11.3. The molecule has 2 aliphatic rings. The van der Waals surface area contributed by atoms with Crippen molar-refractivity contribution in [2.75, 3.05) is 38.4 Å². The fourth-order valence-corrected chi connectivity index (χ4v) is 3.42. The average molecular weight is 370 g/mol. The van der Waals surface area contributed by atoms with E-state index in [4.69, 9.17) is 9.47 Å². The van der Waals surface area contributed by atoms with Crippen LogP contribution in [0.4, 0.5) is 5.95 Å². The van der Waals surface area contributed by atoms with Crippen LogP contribution in [0.15, 0.2) is 23.2 Å². The first kappa shape index (κ1) is 17.9. The van der Waals surface area contributed by atoms with Gasteiger partial charge in [-0.1, -0.05) is 0 Å². The van der Waals surface area contributed by atoms with E-state index in [9.17, 15) is 0 Å². The normalized spacial score (nSPS) is 20.4. The second-order valence-electron chi connectivity index (χ2n) is 6.84. The minimum atomic E-state index is 0.338. The number of hydrogen-bond donors (Lipinski definition) is 2. The number of nitrogens with one attached hydrogen (secondary N) is 2. The molecule has 2 N–H and O–H groups in total. The van der Waals surface area contributed by atoms with Crippen LogP contribution >= 0.6 is 0 Å². The van der Waals surface area contributed by atoms with Crippen molar-refractivity contribution in [1.29, 1.82) is 0 Å². The van der Waals surface area contributed by atoms with Crippen LogP contribution in [0.3, 0.4) is 0 Å². The largest absolute Gasteiger partial charge is 0.494 e. The van der Waals surface area contributed by atoms with Gasteiger partial charge in [-0.15, -0.1) is 0 Å². The monoisotopic (exact) mass is 370 g/mol. The van der Waals surface area contributed by atoms with Gasteiger partial charge in [0.2, 0.25) is 11.9 Å². The molecule has 1 saturated heterocycles. The number of fused-ring (bicyclic) bond motifs is 1. The summed E-state index contributed by atoms with van der Waals surface area (Å²) in [6.45, 7) is 7.75. The highest BCUT2D eigenvalue weighted by atomic mass is 16.5. The van der Waals surface area contributed by atoms with Crippen LogP contribution in [-0.2, 0) is 4.74 Å². The molecule has 0 amide bonds. The van der Waals surface area contributed by atoms with Crippen LogP contribution < -0.4 is 15.4 Å². The highest BCUT2D eigenvalue weighted by molar-refractivity contribution is 5.93. The standard InChI is InChI=1S/C19H26N6O2/c1-3-26-14-6-7-17-16(9-14)13(2)22-19(23-17)24-18-20-11-25(12-21-18)10-15-5-4-8-27-15/h6-7,9,15H,3-5,8,10-12H2,1-2H3,(H2,20,21,22,23,24)/t15-/m1/s1. The zero-order chi connectivity index (χ0) is 18.6. The molecular formula is C19H26N6O2. The van der Waals surface area contributed by atoms with E-state index in [1.165, 1.54) is 0 Å². The van der Waals surface area contributed by atoms with Crippen LogP contribution in [0.25, 0.3) is 10.9 Å². The maximum atomic E-state index is 5.69. The quantitative estimate of drug-likeness (QED) is 0.834. The van der Waals surface area contributed by atoms with Gasteiger partial charge in [-0.2, -0.15) is 0 Å². The number of aromatic nitrogens is 2. The van der Waals surface area contributed by atoms with Crippen molar-refractivity contribution in [1.82, 2.24) is 20.2 Å². The van der Waals surface area contributed by atoms with Gasteiger partial charge in [-0.3, -0.25) is 10.2 Å². The molecular weight excluding hydrogens is 344 g/mol. The number of nitrogens with zero attached hydrogens (tertiary/aromatic N) is 4. The lowest BCUT2D eigenvalue weighted by Gasteiger charge is -2.28.